The number of methoxy groups -OCH3 is 1. The van der Waals surface area contributed by atoms with Crippen LogP contribution in [0.25, 0.3) is 0 Å². The average Bonchev–Trinajstić information content (AvgIpc) is 2.70. The van der Waals surface area contributed by atoms with Gasteiger partial charge in [0.25, 0.3) is 0 Å². The lowest BCUT2D eigenvalue weighted by molar-refractivity contribution is -0.143. The number of carbonyl (C=O) groups is 1. The van der Waals surface area contributed by atoms with E-state index in [1.54, 1.807) is 19.1 Å². The lowest BCUT2D eigenvalue weighted by atomic mass is 10.1. The molecule has 1 aliphatic heterocycles. The summed E-state index contributed by atoms with van der Waals surface area (Å²) >= 11 is 0. The van der Waals surface area contributed by atoms with Gasteiger partial charge in [-0.25, -0.2) is 9.79 Å². The maximum Gasteiger partial charge on any atom is 0.334 e. The third-order valence-corrected chi connectivity index (χ3v) is 2.82. The quantitative estimate of drug-likeness (QED) is 0.804. The number of aliphatic imine (C=N–C) groups is 1. The molecule has 0 aliphatic carbocycles. The van der Waals surface area contributed by atoms with Gasteiger partial charge in [-0.2, -0.15) is 0 Å². The van der Waals surface area contributed by atoms with E-state index in [2.05, 4.69) is 9.73 Å². The van der Waals surface area contributed by atoms with Crippen LogP contribution < -0.4 is 0 Å². The molecule has 1 aliphatic rings. The maximum absolute atomic E-state index is 11.5. The largest absolute Gasteiger partial charge is 0.507 e. The van der Waals surface area contributed by atoms with E-state index >= 15 is 0 Å². The van der Waals surface area contributed by atoms with E-state index in [9.17, 15) is 9.90 Å². The van der Waals surface area contributed by atoms with Gasteiger partial charge in [0.05, 0.1) is 12.7 Å². The number of hydrogen-bond acceptors (Lipinski definition) is 5. The highest BCUT2D eigenvalue weighted by molar-refractivity contribution is 6.00. The second kappa shape index (κ2) is 4.68. The van der Waals surface area contributed by atoms with Crippen molar-refractivity contribution in [2.24, 2.45) is 4.99 Å². The topological polar surface area (TPSA) is 68.1 Å². The molecule has 18 heavy (non-hydrogen) atoms. The number of carbonyl (C=O) groups excluding carboxylic acids is 1. The number of rotatable bonds is 2. The summed E-state index contributed by atoms with van der Waals surface area (Å²) in [6, 6.07) is 4.51. The van der Waals surface area contributed by atoms with E-state index in [0.717, 1.165) is 5.56 Å². The van der Waals surface area contributed by atoms with Crippen molar-refractivity contribution in [2.45, 2.75) is 26.0 Å². The van der Waals surface area contributed by atoms with Gasteiger partial charge in [-0.3, -0.25) is 0 Å². The number of ether oxygens (including phenoxy) is 2. The molecule has 1 aromatic rings. The smallest absolute Gasteiger partial charge is 0.334 e. The minimum atomic E-state index is -0.675. The Balaban J connectivity index is 2.32. The van der Waals surface area contributed by atoms with E-state index in [1.165, 1.54) is 7.11 Å². The predicted molar refractivity (Wildman–Crippen MR) is 65.7 cm³/mol. The van der Waals surface area contributed by atoms with Gasteiger partial charge in [-0.15, -0.1) is 0 Å². The monoisotopic (exact) mass is 249 g/mol. The highest BCUT2D eigenvalue weighted by Gasteiger charge is 2.35. The second-order valence-corrected chi connectivity index (χ2v) is 4.25. The number of nitrogens with zero attached hydrogens (tertiary/aromatic N) is 1. The highest BCUT2D eigenvalue weighted by Crippen LogP contribution is 2.25. The first-order valence-corrected chi connectivity index (χ1v) is 5.65. The van der Waals surface area contributed by atoms with Crippen LogP contribution in [0.4, 0.5) is 0 Å². The van der Waals surface area contributed by atoms with Crippen LogP contribution in [0.3, 0.4) is 0 Å². The Morgan fingerprint density at radius 2 is 2.22 bits per heavy atom. The molecule has 0 aromatic heterocycles. The molecule has 0 amide bonds. The fraction of sp³-hybridized carbons (Fsp3) is 0.385. The first-order valence-electron chi connectivity index (χ1n) is 5.65. The van der Waals surface area contributed by atoms with Gasteiger partial charge in [0.15, 0.2) is 6.04 Å². The Labute approximate surface area is 105 Å². The molecular formula is C13H15NO4. The summed E-state index contributed by atoms with van der Waals surface area (Å²) in [5.74, 6) is -0.0778. The number of esters is 1. The van der Waals surface area contributed by atoms with Crippen molar-refractivity contribution in [1.82, 2.24) is 0 Å². The molecule has 5 heteroatoms. The fourth-order valence-electron chi connectivity index (χ4n) is 1.82. The Morgan fingerprint density at radius 3 is 2.83 bits per heavy atom. The number of aryl methyl sites for hydroxylation is 1. The summed E-state index contributed by atoms with van der Waals surface area (Å²) in [6.45, 7) is 3.62. The summed E-state index contributed by atoms with van der Waals surface area (Å²) in [5, 5.41) is 9.84. The summed E-state index contributed by atoms with van der Waals surface area (Å²) in [5.41, 5.74) is 1.42. The van der Waals surface area contributed by atoms with Crippen LogP contribution >= 0.6 is 0 Å². The van der Waals surface area contributed by atoms with Gasteiger partial charge in [-0.05, 0) is 31.5 Å². The molecule has 5 nitrogen and oxygen atoms in total. The van der Waals surface area contributed by atoms with Gasteiger partial charge in [0.1, 0.15) is 11.9 Å². The lowest BCUT2D eigenvalue weighted by Crippen LogP contribution is -2.28. The molecule has 2 unspecified atom stereocenters. The molecule has 1 heterocycles. The fourth-order valence-corrected chi connectivity index (χ4v) is 1.82. The minimum Gasteiger partial charge on any atom is -0.507 e. The van der Waals surface area contributed by atoms with Crippen molar-refractivity contribution in [3.63, 3.8) is 0 Å². The Kier molecular flexibility index (Phi) is 3.23. The first-order chi connectivity index (χ1) is 8.52. The Bertz CT molecular complexity index is 510. The van der Waals surface area contributed by atoms with Crippen molar-refractivity contribution in [1.29, 1.82) is 0 Å². The van der Waals surface area contributed by atoms with E-state index in [1.807, 2.05) is 13.0 Å². The molecule has 0 saturated carbocycles. The van der Waals surface area contributed by atoms with Gasteiger partial charge in [0.2, 0.25) is 5.90 Å². The normalized spacial score (nSPS) is 22.3. The first kappa shape index (κ1) is 12.4. The van der Waals surface area contributed by atoms with Crippen molar-refractivity contribution in [3.8, 4) is 5.75 Å². The van der Waals surface area contributed by atoms with Crippen LogP contribution in [0.2, 0.25) is 0 Å². The van der Waals surface area contributed by atoms with Crippen molar-refractivity contribution >= 4 is 11.9 Å². The molecule has 0 saturated heterocycles. The van der Waals surface area contributed by atoms with Gasteiger partial charge in [0, 0.05) is 0 Å². The molecule has 2 atom stereocenters. The van der Waals surface area contributed by atoms with E-state index in [4.69, 9.17) is 4.74 Å². The third kappa shape index (κ3) is 2.16. The number of hydrogen-bond donors (Lipinski definition) is 1. The molecule has 1 N–H and O–H groups in total. The van der Waals surface area contributed by atoms with Crippen LogP contribution in [-0.2, 0) is 14.3 Å². The SMILES string of the molecule is COC(=O)C1N=C(c2ccc(C)cc2O)OC1C. The molecule has 0 radical (unpaired) electrons. The van der Waals surface area contributed by atoms with Crippen LogP contribution in [0.15, 0.2) is 23.2 Å². The minimum absolute atomic E-state index is 0.0893. The Hall–Kier alpha value is -2.04. The van der Waals surface area contributed by atoms with Crippen LogP contribution in [0.1, 0.15) is 18.1 Å². The lowest BCUT2D eigenvalue weighted by Gasteiger charge is -2.10. The second-order valence-electron chi connectivity index (χ2n) is 4.25. The molecular weight excluding hydrogens is 234 g/mol. The zero-order valence-corrected chi connectivity index (χ0v) is 10.5. The van der Waals surface area contributed by atoms with Crippen LogP contribution in [0.5, 0.6) is 5.75 Å². The van der Waals surface area contributed by atoms with Crippen LogP contribution in [-0.4, -0.2) is 36.2 Å². The van der Waals surface area contributed by atoms with Gasteiger partial charge in [-0.1, -0.05) is 6.07 Å². The molecule has 1 aromatic carbocycles. The number of phenolic OH excluding ortho intramolecular Hbond substituents is 1. The van der Waals surface area contributed by atoms with Crippen LogP contribution in [0, 0.1) is 6.92 Å². The van der Waals surface area contributed by atoms with Crippen molar-refractivity contribution < 1.29 is 19.4 Å². The van der Waals surface area contributed by atoms with E-state index in [-0.39, 0.29) is 11.6 Å². The highest BCUT2D eigenvalue weighted by atomic mass is 16.5. The molecule has 0 spiro atoms. The van der Waals surface area contributed by atoms with Crippen molar-refractivity contribution in [2.75, 3.05) is 7.11 Å². The molecule has 96 valence electrons. The maximum atomic E-state index is 11.5. The summed E-state index contributed by atoms with van der Waals surface area (Å²) in [4.78, 5) is 15.6. The Morgan fingerprint density at radius 1 is 1.50 bits per heavy atom. The van der Waals surface area contributed by atoms with E-state index in [0.29, 0.717) is 5.56 Å². The number of aromatic hydroxyl groups is 1. The predicted octanol–water partition coefficient (Wildman–Crippen LogP) is 1.41. The molecule has 0 fully saturated rings. The zero-order chi connectivity index (χ0) is 13.3. The summed E-state index contributed by atoms with van der Waals surface area (Å²) in [6.07, 6.45) is -0.395. The number of phenols is 1. The van der Waals surface area contributed by atoms with Gasteiger partial charge < -0.3 is 14.6 Å². The summed E-state index contributed by atoms with van der Waals surface area (Å²) in [7, 11) is 1.31. The average molecular weight is 249 g/mol. The van der Waals surface area contributed by atoms with Gasteiger partial charge >= 0.3 is 5.97 Å². The standard InChI is InChI=1S/C13H15NO4/c1-7-4-5-9(10(15)6-7)12-14-11(8(2)18-12)13(16)17-3/h4-6,8,11,15H,1-3H3. The van der Waals surface area contributed by atoms with Crippen molar-refractivity contribution in [3.05, 3.63) is 29.3 Å². The molecule has 2 rings (SSSR count). The molecule has 0 bridgehead atoms. The zero-order valence-electron chi connectivity index (χ0n) is 10.5. The third-order valence-electron chi connectivity index (χ3n) is 2.82. The number of benzene rings is 1. The van der Waals surface area contributed by atoms with E-state index < -0.39 is 18.1 Å². The summed E-state index contributed by atoms with van der Waals surface area (Å²) < 4.78 is 10.1.